The van der Waals surface area contributed by atoms with Crippen LogP contribution in [0.25, 0.3) is 0 Å². The molecule has 0 bridgehead atoms. The van der Waals surface area contributed by atoms with E-state index in [9.17, 15) is 4.39 Å². The normalized spacial score (nSPS) is 20.2. The molecule has 1 saturated heterocycles. The molecule has 1 unspecified atom stereocenters. The van der Waals surface area contributed by atoms with E-state index in [-0.39, 0.29) is 5.82 Å². The van der Waals surface area contributed by atoms with Crippen molar-refractivity contribution < 1.29 is 9.13 Å². The average Bonchev–Trinajstić information content (AvgIpc) is 2.78. The molecule has 1 aromatic rings. The van der Waals surface area contributed by atoms with E-state index >= 15 is 0 Å². The lowest BCUT2D eigenvalue weighted by molar-refractivity contribution is 0.129. The second-order valence-corrected chi connectivity index (χ2v) is 5.04. The zero-order valence-electron chi connectivity index (χ0n) is 9.12. The molecule has 0 radical (unpaired) electrons. The number of rotatable bonds is 4. The van der Waals surface area contributed by atoms with Gasteiger partial charge in [0.05, 0.1) is 6.10 Å². The largest absolute Gasteiger partial charge is 0.377 e. The fourth-order valence-corrected chi connectivity index (χ4v) is 2.86. The summed E-state index contributed by atoms with van der Waals surface area (Å²) in [6, 6.07) is 4.98. The van der Waals surface area contributed by atoms with Gasteiger partial charge in [0.25, 0.3) is 0 Å². The minimum Gasteiger partial charge on any atom is -0.377 e. The Morgan fingerprint density at radius 3 is 3.00 bits per heavy atom. The van der Waals surface area contributed by atoms with Crippen molar-refractivity contribution in [3.05, 3.63) is 29.6 Å². The Morgan fingerprint density at radius 1 is 1.44 bits per heavy atom. The second kappa shape index (κ2) is 5.66. The summed E-state index contributed by atoms with van der Waals surface area (Å²) in [4.78, 5) is 0.941. The van der Waals surface area contributed by atoms with Crippen molar-refractivity contribution in [2.75, 3.05) is 12.4 Å². The Bertz CT molecular complexity index is 353. The number of thioether (sulfide) groups is 1. The SMILES string of the molecule is NCc1cc(F)cc(SCC2CCCO2)c1. The molecule has 1 fully saturated rings. The third-order valence-electron chi connectivity index (χ3n) is 2.63. The van der Waals surface area contributed by atoms with Crippen LogP contribution in [0.2, 0.25) is 0 Å². The maximum Gasteiger partial charge on any atom is 0.124 e. The summed E-state index contributed by atoms with van der Waals surface area (Å²) < 4.78 is 18.7. The van der Waals surface area contributed by atoms with Crippen LogP contribution in [0.1, 0.15) is 18.4 Å². The molecular formula is C12H16FNOS. The second-order valence-electron chi connectivity index (χ2n) is 3.95. The Balaban J connectivity index is 1.94. The van der Waals surface area contributed by atoms with E-state index in [1.165, 1.54) is 6.07 Å². The molecule has 2 N–H and O–H groups in total. The first-order valence-electron chi connectivity index (χ1n) is 5.52. The summed E-state index contributed by atoms with van der Waals surface area (Å²) in [7, 11) is 0. The van der Waals surface area contributed by atoms with Gasteiger partial charge < -0.3 is 10.5 Å². The minimum atomic E-state index is -0.210. The van der Waals surface area contributed by atoms with Crippen LogP contribution in [0.3, 0.4) is 0 Å². The van der Waals surface area contributed by atoms with Gasteiger partial charge in [0.2, 0.25) is 0 Å². The maximum atomic E-state index is 13.2. The predicted molar refractivity (Wildman–Crippen MR) is 64.0 cm³/mol. The highest BCUT2D eigenvalue weighted by molar-refractivity contribution is 7.99. The first kappa shape index (κ1) is 11.9. The Hall–Kier alpha value is -0.580. The summed E-state index contributed by atoms with van der Waals surface area (Å²) in [5.74, 6) is 0.686. The number of hydrogen-bond acceptors (Lipinski definition) is 3. The molecule has 0 saturated carbocycles. The zero-order valence-corrected chi connectivity index (χ0v) is 9.93. The molecule has 1 aliphatic rings. The molecule has 16 heavy (non-hydrogen) atoms. The van der Waals surface area contributed by atoms with E-state index in [2.05, 4.69) is 0 Å². The fourth-order valence-electron chi connectivity index (χ4n) is 1.79. The van der Waals surface area contributed by atoms with Crippen LogP contribution in [-0.4, -0.2) is 18.5 Å². The summed E-state index contributed by atoms with van der Waals surface area (Å²) in [6.45, 7) is 1.24. The summed E-state index contributed by atoms with van der Waals surface area (Å²) >= 11 is 1.64. The van der Waals surface area contributed by atoms with Crippen LogP contribution in [0.5, 0.6) is 0 Å². The van der Waals surface area contributed by atoms with Crippen molar-refractivity contribution in [2.45, 2.75) is 30.4 Å². The van der Waals surface area contributed by atoms with Crippen LogP contribution >= 0.6 is 11.8 Å². The number of hydrogen-bond donors (Lipinski definition) is 1. The van der Waals surface area contributed by atoms with Gasteiger partial charge in [0, 0.05) is 23.8 Å². The predicted octanol–water partition coefficient (Wildman–Crippen LogP) is 2.56. The highest BCUT2D eigenvalue weighted by atomic mass is 32.2. The van der Waals surface area contributed by atoms with E-state index in [1.54, 1.807) is 17.8 Å². The maximum absolute atomic E-state index is 13.2. The highest BCUT2D eigenvalue weighted by Gasteiger charge is 2.15. The molecular weight excluding hydrogens is 225 g/mol. The van der Waals surface area contributed by atoms with Crippen LogP contribution in [0.4, 0.5) is 4.39 Å². The van der Waals surface area contributed by atoms with Gasteiger partial charge in [-0.05, 0) is 36.6 Å². The van der Waals surface area contributed by atoms with Gasteiger partial charge in [0.1, 0.15) is 5.82 Å². The van der Waals surface area contributed by atoms with Crippen LogP contribution in [0, 0.1) is 5.82 Å². The van der Waals surface area contributed by atoms with Crippen LogP contribution in [-0.2, 0) is 11.3 Å². The molecule has 2 nitrogen and oxygen atoms in total. The van der Waals surface area contributed by atoms with E-state index in [0.29, 0.717) is 12.6 Å². The summed E-state index contributed by atoms with van der Waals surface area (Å²) in [5, 5.41) is 0. The first-order valence-corrected chi connectivity index (χ1v) is 6.50. The topological polar surface area (TPSA) is 35.2 Å². The van der Waals surface area contributed by atoms with Crippen molar-refractivity contribution in [3.8, 4) is 0 Å². The zero-order chi connectivity index (χ0) is 11.4. The lowest BCUT2D eigenvalue weighted by atomic mass is 10.2. The number of benzene rings is 1. The highest BCUT2D eigenvalue weighted by Crippen LogP contribution is 2.25. The van der Waals surface area contributed by atoms with Crippen molar-refractivity contribution in [3.63, 3.8) is 0 Å². The minimum absolute atomic E-state index is 0.210. The number of nitrogens with two attached hydrogens (primary N) is 1. The Kier molecular flexibility index (Phi) is 4.21. The lowest BCUT2D eigenvalue weighted by Gasteiger charge is -2.09. The first-order chi connectivity index (χ1) is 7.78. The molecule has 1 aliphatic heterocycles. The smallest absolute Gasteiger partial charge is 0.124 e. The Labute approximate surface area is 99.4 Å². The quantitative estimate of drug-likeness (QED) is 0.823. The van der Waals surface area contributed by atoms with Gasteiger partial charge >= 0.3 is 0 Å². The van der Waals surface area contributed by atoms with Crippen molar-refractivity contribution >= 4 is 11.8 Å². The van der Waals surface area contributed by atoms with Gasteiger partial charge in [-0.25, -0.2) is 4.39 Å². The van der Waals surface area contributed by atoms with Crippen molar-refractivity contribution in [1.29, 1.82) is 0 Å². The molecule has 88 valence electrons. The molecule has 2 rings (SSSR count). The average molecular weight is 241 g/mol. The molecule has 1 atom stereocenters. The van der Waals surface area contributed by atoms with Gasteiger partial charge in [-0.2, -0.15) is 0 Å². The molecule has 0 aliphatic carbocycles. The van der Waals surface area contributed by atoms with E-state index in [1.807, 2.05) is 6.07 Å². The molecule has 1 heterocycles. The molecule has 0 amide bonds. The number of halogens is 1. The van der Waals surface area contributed by atoms with Gasteiger partial charge in [0.15, 0.2) is 0 Å². The monoisotopic (exact) mass is 241 g/mol. The summed E-state index contributed by atoms with van der Waals surface area (Å²) in [6.07, 6.45) is 2.59. The fraction of sp³-hybridized carbons (Fsp3) is 0.500. The Morgan fingerprint density at radius 2 is 2.31 bits per heavy atom. The van der Waals surface area contributed by atoms with Crippen LogP contribution in [0.15, 0.2) is 23.1 Å². The molecule has 0 spiro atoms. The lowest BCUT2D eigenvalue weighted by Crippen LogP contribution is -2.07. The molecule has 4 heteroatoms. The van der Waals surface area contributed by atoms with Crippen molar-refractivity contribution in [1.82, 2.24) is 0 Å². The summed E-state index contributed by atoms with van der Waals surface area (Å²) in [5.41, 5.74) is 6.35. The van der Waals surface area contributed by atoms with Gasteiger partial charge in [-0.1, -0.05) is 0 Å². The standard InChI is InChI=1S/C12H16FNOS/c13-10-4-9(7-14)5-12(6-10)16-8-11-2-1-3-15-11/h4-6,11H,1-3,7-8,14H2. The van der Waals surface area contributed by atoms with E-state index in [0.717, 1.165) is 35.7 Å². The van der Waals surface area contributed by atoms with Crippen LogP contribution < -0.4 is 5.73 Å². The molecule has 1 aromatic carbocycles. The van der Waals surface area contributed by atoms with Gasteiger partial charge in [-0.3, -0.25) is 0 Å². The third-order valence-corrected chi connectivity index (χ3v) is 3.73. The number of ether oxygens (including phenoxy) is 1. The molecule has 0 aromatic heterocycles. The van der Waals surface area contributed by atoms with E-state index in [4.69, 9.17) is 10.5 Å². The van der Waals surface area contributed by atoms with Gasteiger partial charge in [-0.15, -0.1) is 11.8 Å². The van der Waals surface area contributed by atoms with Crippen molar-refractivity contribution in [2.24, 2.45) is 5.73 Å². The third kappa shape index (κ3) is 3.20. The van der Waals surface area contributed by atoms with E-state index < -0.39 is 0 Å².